The van der Waals surface area contributed by atoms with E-state index in [1.807, 2.05) is 23.7 Å². The van der Waals surface area contributed by atoms with Crippen LogP contribution in [0.2, 0.25) is 0 Å². The molecule has 1 amide bonds. The maximum Gasteiger partial charge on any atom is 0.236 e. The van der Waals surface area contributed by atoms with Gasteiger partial charge in [0.15, 0.2) is 0 Å². The summed E-state index contributed by atoms with van der Waals surface area (Å²) in [5, 5.41) is 4.20. The van der Waals surface area contributed by atoms with Gasteiger partial charge >= 0.3 is 0 Å². The van der Waals surface area contributed by atoms with Gasteiger partial charge in [-0.05, 0) is 38.4 Å². The Morgan fingerprint density at radius 2 is 2.12 bits per heavy atom. The Balaban J connectivity index is 1.65. The van der Waals surface area contributed by atoms with Gasteiger partial charge in [0.05, 0.1) is 6.54 Å². The van der Waals surface area contributed by atoms with E-state index in [-0.39, 0.29) is 5.91 Å². The monoisotopic (exact) mass is 242 g/mol. The number of hydrogen-bond acceptors (Lipinski definition) is 3. The van der Waals surface area contributed by atoms with Gasteiger partial charge in [-0.15, -0.1) is 0 Å². The van der Waals surface area contributed by atoms with Crippen LogP contribution in [0, 0.1) is 0 Å². The van der Waals surface area contributed by atoms with Crippen LogP contribution >= 0.6 is 11.8 Å². The summed E-state index contributed by atoms with van der Waals surface area (Å²) >= 11 is 1.96. The number of hydrogen-bond donors (Lipinski definition) is 1. The van der Waals surface area contributed by atoms with Crippen molar-refractivity contribution in [2.75, 3.05) is 19.8 Å². The molecule has 2 atom stereocenters. The number of nitrogens with one attached hydrogen (secondary N) is 1. The van der Waals surface area contributed by atoms with E-state index in [2.05, 4.69) is 11.6 Å². The van der Waals surface area contributed by atoms with Gasteiger partial charge in [0.25, 0.3) is 0 Å². The van der Waals surface area contributed by atoms with Crippen molar-refractivity contribution in [1.82, 2.24) is 10.2 Å². The molecule has 0 bridgehead atoms. The molecular weight excluding hydrogens is 220 g/mol. The molecule has 0 heterocycles. The van der Waals surface area contributed by atoms with Crippen molar-refractivity contribution in [1.29, 1.82) is 0 Å². The number of carbonyl (C=O) groups is 1. The number of thioether (sulfide) groups is 1. The van der Waals surface area contributed by atoms with E-state index in [1.165, 1.54) is 32.1 Å². The SMILES string of the molecule is CSC1CCC(NCC(=O)N(C)C2CC2)C1. The van der Waals surface area contributed by atoms with Crippen molar-refractivity contribution in [2.24, 2.45) is 0 Å². The van der Waals surface area contributed by atoms with Gasteiger partial charge < -0.3 is 10.2 Å². The summed E-state index contributed by atoms with van der Waals surface area (Å²) in [4.78, 5) is 13.7. The highest BCUT2D eigenvalue weighted by molar-refractivity contribution is 7.99. The van der Waals surface area contributed by atoms with E-state index in [1.54, 1.807) is 0 Å². The molecule has 92 valence electrons. The lowest BCUT2D eigenvalue weighted by Crippen LogP contribution is -2.40. The zero-order chi connectivity index (χ0) is 11.5. The maximum atomic E-state index is 11.8. The molecule has 4 heteroatoms. The lowest BCUT2D eigenvalue weighted by atomic mass is 10.2. The average Bonchev–Trinajstić information content (AvgIpc) is 3.04. The van der Waals surface area contributed by atoms with E-state index >= 15 is 0 Å². The van der Waals surface area contributed by atoms with E-state index in [9.17, 15) is 4.79 Å². The normalized spacial score (nSPS) is 29.4. The molecule has 0 aromatic rings. The van der Waals surface area contributed by atoms with Crippen molar-refractivity contribution in [3.63, 3.8) is 0 Å². The highest BCUT2D eigenvalue weighted by Gasteiger charge is 2.30. The maximum absolute atomic E-state index is 11.8. The summed E-state index contributed by atoms with van der Waals surface area (Å²) < 4.78 is 0. The van der Waals surface area contributed by atoms with E-state index in [4.69, 9.17) is 0 Å². The van der Waals surface area contributed by atoms with E-state index in [0.29, 0.717) is 18.6 Å². The summed E-state index contributed by atoms with van der Waals surface area (Å²) in [6.45, 7) is 0.527. The average molecular weight is 242 g/mol. The van der Waals surface area contributed by atoms with Crippen LogP contribution in [0.1, 0.15) is 32.1 Å². The molecule has 2 fully saturated rings. The zero-order valence-electron chi connectivity index (χ0n) is 10.2. The van der Waals surface area contributed by atoms with Gasteiger partial charge in [-0.1, -0.05) is 0 Å². The molecule has 0 aromatic heterocycles. The molecule has 2 rings (SSSR count). The Morgan fingerprint density at radius 3 is 2.69 bits per heavy atom. The summed E-state index contributed by atoms with van der Waals surface area (Å²) in [6.07, 6.45) is 8.32. The summed E-state index contributed by atoms with van der Waals surface area (Å²) in [6, 6.07) is 1.10. The second-order valence-corrected chi connectivity index (χ2v) is 6.12. The lowest BCUT2D eigenvalue weighted by molar-refractivity contribution is -0.129. The van der Waals surface area contributed by atoms with Crippen LogP contribution in [-0.4, -0.2) is 48.0 Å². The minimum atomic E-state index is 0.259. The largest absolute Gasteiger partial charge is 0.342 e. The third-order valence-corrected chi connectivity index (χ3v) is 4.84. The number of carbonyl (C=O) groups excluding carboxylic acids is 1. The molecule has 3 nitrogen and oxygen atoms in total. The topological polar surface area (TPSA) is 32.3 Å². The van der Waals surface area contributed by atoms with Crippen LogP contribution in [0.25, 0.3) is 0 Å². The number of rotatable bonds is 5. The minimum absolute atomic E-state index is 0.259. The molecule has 0 saturated heterocycles. The van der Waals surface area contributed by atoms with Crippen LogP contribution in [0.4, 0.5) is 0 Å². The molecule has 16 heavy (non-hydrogen) atoms. The molecular formula is C12H22N2OS. The summed E-state index contributed by atoms with van der Waals surface area (Å²) in [5.74, 6) is 0.259. The van der Waals surface area contributed by atoms with E-state index in [0.717, 1.165) is 5.25 Å². The molecule has 0 spiro atoms. The fourth-order valence-electron chi connectivity index (χ4n) is 2.36. The third-order valence-electron chi connectivity index (χ3n) is 3.75. The first-order valence-corrected chi connectivity index (χ1v) is 7.51. The highest BCUT2D eigenvalue weighted by atomic mass is 32.2. The van der Waals surface area contributed by atoms with Crippen LogP contribution in [0.15, 0.2) is 0 Å². The quantitative estimate of drug-likeness (QED) is 0.792. The van der Waals surface area contributed by atoms with Gasteiger partial charge in [-0.2, -0.15) is 11.8 Å². The van der Waals surface area contributed by atoms with Crippen molar-refractivity contribution in [2.45, 2.75) is 49.4 Å². The van der Waals surface area contributed by atoms with Crippen LogP contribution in [-0.2, 0) is 4.79 Å². The Kier molecular flexibility index (Phi) is 4.14. The van der Waals surface area contributed by atoms with Crippen LogP contribution in [0.3, 0.4) is 0 Å². The Hall–Kier alpha value is -0.220. The van der Waals surface area contributed by atoms with Gasteiger partial charge in [-0.25, -0.2) is 0 Å². The lowest BCUT2D eigenvalue weighted by Gasteiger charge is -2.18. The minimum Gasteiger partial charge on any atom is -0.342 e. The summed E-state index contributed by atoms with van der Waals surface area (Å²) in [5.41, 5.74) is 0. The first kappa shape index (κ1) is 12.2. The number of likely N-dealkylation sites (N-methyl/N-ethyl adjacent to an activating group) is 1. The Bertz CT molecular complexity index is 255. The predicted octanol–water partition coefficient (Wildman–Crippen LogP) is 1.48. The molecule has 2 aliphatic rings. The van der Waals surface area contributed by atoms with Crippen LogP contribution in [0.5, 0.6) is 0 Å². The fraction of sp³-hybridized carbons (Fsp3) is 0.917. The first-order chi connectivity index (χ1) is 7.70. The van der Waals surface area contributed by atoms with Crippen molar-refractivity contribution in [3.8, 4) is 0 Å². The van der Waals surface area contributed by atoms with Gasteiger partial charge in [0.1, 0.15) is 0 Å². The fourth-order valence-corrected chi connectivity index (χ4v) is 3.16. The second kappa shape index (κ2) is 5.41. The molecule has 0 aliphatic heterocycles. The van der Waals surface area contributed by atoms with Gasteiger partial charge in [0, 0.05) is 24.4 Å². The van der Waals surface area contributed by atoms with Gasteiger partial charge in [-0.3, -0.25) is 4.79 Å². The van der Waals surface area contributed by atoms with Crippen LogP contribution < -0.4 is 5.32 Å². The molecule has 2 aliphatic carbocycles. The summed E-state index contributed by atoms with van der Waals surface area (Å²) in [7, 11) is 1.93. The molecule has 2 unspecified atom stereocenters. The van der Waals surface area contributed by atoms with Gasteiger partial charge in [0.2, 0.25) is 5.91 Å². The molecule has 0 radical (unpaired) electrons. The van der Waals surface area contributed by atoms with Crippen molar-refractivity contribution >= 4 is 17.7 Å². The first-order valence-electron chi connectivity index (χ1n) is 6.22. The molecule has 2 saturated carbocycles. The van der Waals surface area contributed by atoms with Crippen molar-refractivity contribution in [3.05, 3.63) is 0 Å². The number of amides is 1. The van der Waals surface area contributed by atoms with Crippen molar-refractivity contribution < 1.29 is 4.79 Å². The zero-order valence-corrected chi connectivity index (χ0v) is 11.1. The standard InChI is InChI=1S/C12H22N2OS/c1-14(10-4-5-10)12(15)8-13-9-3-6-11(7-9)16-2/h9-11,13H,3-8H2,1-2H3. The number of nitrogens with zero attached hydrogens (tertiary/aromatic N) is 1. The highest BCUT2D eigenvalue weighted by Crippen LogP contribution is 2.28. The molecule has 0 aromatic carbocycles. The third kappa shape index (κ3) is 3.14. The Morgan fingerprint density at radius 1 is 1.38 bits per heavy atom. The molecule has 1 N–H and O–H groups in total. The van der Waals surface area contributed by atoms with E-state index < -0.39 is 0 Å². The second-order valence-electron chi connectivity index (χ2n) is 4.98. The smallest absolute Gasteiger partial charge is 0.236 e. The predicted molar refractivity (Wildman–Crippen MR) is 68.7 cm³/mol. The Labute approximate surface area is 102 Å².